The second-order valence-corrected chi connectivity index (χ2v) is 9.68. The number of benzene rings is 2. The van der Waals surface area contributed by atoms with Crippen molar-refractivity contribution in [3.05, 3.63) is 55.0 Å². The highest BCUT2D eigenvalue weighted by molar-refractivity contribution is 8.00. The molecule has 10 heteroatoms. The number of imidazole rings is 1. The molecule has 0 bridgehead atoms. The second kappa shape index (κ2) is 8.13. The Morgan fingerprint density at radius 1 is 1.14 bits per heavy atom. The molecule has 6 nitrogen and oxygen atoms in total. The maximum Gasteiger partial charge on any atom is 0.295 e. The van der Waals surface area contributed by atoms with Crippen LogP contribution in [0.25, 0.3) is 11.3 Å². The minimum absolute atomic E-state index is 0.114. The summed E-state index contributed by atoms with van der Waals surface area (Å²) in [5, 5.41) is 0.354. The van der Waals surface area contributed by atoms with E-state index in [0.717, 1.165) is 6.92 Å². The lowest BCUT2D eigenvalue weighted by atomic mass is 10.1. The van der Waals surface area contributed by atoms with Crippen LogP contribution in [0.5, 0.6) is 0 Å². The summed E-state index contributed by atoms with van der Waals surface area (Å²) in [5.74, 6) is 0. The molecule has 0 aliphatic heterocycles. The molecule has 0 amide bonds. The van der Waals surface area contributed by atoms with Gasteiger partial charge in [0.25, 0.3) is 5.25 Å². The van der Waals surface area contributed by atoms with Crippen molar-refractivity contribution < 1.29 is 17.2 Å². The number of hydrogen-bond donors (Lipinski definition) is 2. The van der Waals surface area contributed by atoms with Gasteiger partial charge in [0.2, 0.25) is 10.0 Å². The molecule has 0 radical (unpaired) electrons. The lowest BCUT2D eigenvalue weighted by Gasteiger charge is -2.14. The number of thioether (sulfide) groups is 1. The Kier molecular flexibility index (Phi) is 5.97. The van der Waals surface area contributed by atoms with Crippen LogP contribution in [-0.4, -0.2) is 30.3 Å². The van der Waals surface area contributed by atoms with Crippen molar-refractivity contribution >= 4 is 33.2 Å². The van der Waals surface area contributed by atoms with E-state index in [9.17, 15) is 17.2 Å². The van der Waals surface area contributed by atoms with Gasteiger partial charge in [-0.15, -0.1) is 0 Å². The van der Waals surface area contributed by atoms with Gasteiger partial charge in [0, 0.05) is 42.0 Å². The van der Waals surface area contributed by atoms with Gasteiger partial charge in [-0.3, -0.25) is 0 Å². The van der Waals surface area contributed by atoms with Gasteiger partial charge >= 0.3 is 0 Å². The Hall–Kier alpha value is -2.43. The fourth-order valence-electron chi connectivity index (χ4n) is 2.65. The van der Waals surface area contributed by atoms with Gasteiger partial charge in [-0.2, -0.15) is 8.78 Å². The SMILES string of the molecule is CNS(=O)(=O)c1ccc(Nc2ccc(SC(C)(F)F)cc2)c(-c2cn(C)cn2)c1. The lowest BCUT2D eigenvalue weighted by Crippen LogP contribution is -2.18. The Morgan fingerprint density at radius 2 is 1.83 bits per heavy atom. The monoisotopic (exact) mass is 438 g/mol. The molecule has 2 aromatic carbocycles. The average Bonchev–Trinajstić information content (AvgIpc) is 3.08. The molecule has 1 heterocycles. The van der Waals surface area contributed by atoms with Crippen molar-refractivity contribution in [2.45, 2.75) is 22.0 Å². The molecule has 0 spiro atoms. The highest BCUT2D eigenvalue weighted by atomic mass is 32.2. The molecule has 3 rings (SSSR count). The van der Waals surface area contributed by atoms with E-state index in [4.69, 9.17) is 0 Å². The summed E-state index contributed by atoms with van der Waals surface area (Å²) in [7, 11) is -0.455. The molecule has 0 aliphatic carbocycles. The lowest BCUT2D eigenvalue weighted by molar-refractivity contribution is 0.129. The predicted molar refractivity (Wildman–Crippen MR) is 111 cm³/mol. The van der Waals surface area contributed by atoms with Crippen LogP contribution in [0.3, 0.4) is 0 Å². The predicted octanol–water partition coefficient (Wildman–Crippen LogP) is 4.44. The van der Waals surface area contributed by atoms with Crippen molar-refractivity contribution in [2.24, 2.45) is 7.05 Å². The zero-order valence-corrected chi connectivity index (χ0v) is 17.6. The smallest absolute Gasteiger partial charge is 0.295 e. The summed E-state index contributed by atoms with van der Waals surface area (Å²) in [6.07, 6.45) is 3.40. The van der Waals surface area contributed by atoms with Crippen LogP contribution in [0.2, 0.25) is 0 Å². The van der Waals surface area contributed by atoms with E-state index < -0.39 is 15.3 Å². The number of hydrogen-bond acceptors (Lipinski definition) is 5. The minimum atomic E-state index is -3.62. The van der Waals surface area contributed by atoms with E-state index in [1.807, 2.05) is 7.05 Å². The summed E-state index contributed by atoms with van der Waals surface area (Å²) in [6.45, 7) is 0.851. The topological polar surface area (TPSA) is 76.0 Å². The van der Waals surface area contributed by atoms with Gasteiger partial charge in [0.05, 0.1) is 16.9 Å². The largest absolute Gasteiger partial charge is 0.355 e. The van der Waals surface area contributed by atoms with E-state index in [2.05, 4.69) is 15.0 Å². The van der Waals surface area contributed by atoms with Crippen molar-refractivity contribution in [3.8, 4) is 11.3 Å². The molecule has 0 fully saturated rings. The number of sulfonamides is 1. The number of aryl methyl sites for hydroxylation is 1. The van der Waals surface area contributed by atoms with Crippen LogP contribution in [0, 0.1) is 0 Å². The molecule has 154 valence electrons. The molecule has 2 N–H and O–H groups in total. The molecule has 0 unspecified atom stereocenters. The molecule has 0 atom stereocenters. The van der Waals surface area contributed by atoms with E-state index in [0.29, 0.717) is 39.3 Å². The van der Waals surface area contributed by atoms with Gasteiger partial charge in [-0.05, 0) is 49.5 Å². The van der Waals surface area contributed by atoms with Crippen LogP contribution in [-0.2, 0) is 17.1 Å². The van der Waals surface area contributed by atoms with E-state index in [1.165, 1.54) is 13.1 Å². The Bertz CT molecular complexity index is 1110. The maximum absolute atomic E-state index is 13.1. The number of alkyl halides is 2. The number of nitrogens with zero attached hydrogens (tertiary/aromatic N) is 2. The van der Waals surface area contributed by atoms with E-state index in [-0.39, 0.29) is 4.90 Å². The quantitative estimate of drug-likeness (QED) is 0.533. The van der Waals surface area contributed by atoms with Crippen LogP contribution < -0.4 is 10.0 Å². The van der Waals surface area contributed by atoms with Crippen molar-refractivity contribution in [1.29, 1.82) is 0 Å². The summed E-state index contributed by atoms with van der Waals surface area (Å²) in [4.78, 5) is 4.87. The Labute approximate surface area is 172 Å². The summed E-state index contributed by atoms with van der Waals surface area (Å²) in [6, 6.07) is 11.3. The van der Waals surface area contributed by atoms with Gasteiger partial charge in [-0.25, -0.2) is 18.1 Å². The van der Waals surface area contributed by atoms with Gasteiger partial charge < -0.3 is 9.88 Å². The number of rotatable bonds is 7. The maximum atomic E-state index is 13.1. The first kappa shape index (κ1) is 21.3. The molecule has 29 heavy (non-hydrogen) atoms. The van der Waals surface area contributed by atoms with Crippen LogP contribution in [0.15, 0.2) is 64.8 Å². The van der Waals surface area contributed by atoms with Gasteiger partial charge in [-0.1, -0.05) is 11.8 Å². The first-order valence-electron chi connectivity index (χ1n) is 8.57. The summed E-state index contributed by atoms with van der Waals surface area (Å²) in [5.41, 5.74) is 2.51. The third kappa shape index (κ3) is 5.34. The minimum Gasteiger partial charge on any atom is -0.355 e. The first-order chi connectivity index (χ1) is 13.6. The fraction of sp³-hybridized carbons (Fsp3) is 0.211. The molecule has 1 aromatic heterocycles. The molecule has 0 saturated carbocycles. The molecular formula is C19H20F2N4O2S2. The van der Waals surface area contributed by atoms with Crippen LogP contribution in [0.4, 0.5) is 20.2 Å². The van der Waals surface area contributed by atoms with Crippen molar-refractivity contribution in [2.75, 3.05) is 12.4 Å². The highest BCUT2D eigenvalue weighted by Crippen LogP contribution is 2.36. The van der Waals surface area contributed by atoms with Gasteiger partial charge in [0.1, 0.15) is 0 Å². The molecule has 3 aromatic rings. The zero-order chi connectivity index (χ0) is 21.2. The van der Waals surface area contributed by atoms with Crippen molar-refractivity contribution in [1.82, 2.24) is 14.3 Å². The third-order valence-corrected chi connectivity index (χ3v) is 6.26. The zero-order valence-electron chi connectivity index (χ0n) is 16.0. The Balaban J connectivity index is 1.96. The number of anilines is 2. The molecule has 0 saturated heterocycles. The average molecular weight is 439 g/mol. The van der Waals surface area contributed by atoms with E-state index >= 15 is 0 Å². The summed E-state index contributed by atoms with van der Waals surface area (Å²) < 4.78 is 54.7. The Morgan fingerprint density at radius 3 is 2.38 bits per heavy atom. The van der Waals surface area contributed by atoms with Gasteiger partial charge in [0.15, 0.2) is 0 Å². The third-order valence-electron chi connectivity index (χ3n) is 3.98. The first-order valence-corrected chi connectivity index (χ1v) is 10.9. The fourth-order valence-corrected chi connectivity index (χ4v) is 4.09. The highest BCUT2D eigenvalue weighted by Gasteiger charge is 2.22. The standard InChI is InChI=1S/C19H20F2N4O2S2/c1-19(20,21)28-14-6-4-13(5-7-14)24-17-9-8-15(29(26,27)22-2)10-16(17)18-11-25(3)12-23-18/h4-12,22,24H,1-3H3. The van der Waals surface area contributed by atoms with E-state index in [1.54, 1.807) is 53.5 Å². The molecule has 0 aliphatic rings. The number of nitrogens with one attached hydrogen (secondary N) is 2. The molecular weight excluding hydrogens is 418 g/mol. The van der Waals surface area contributed by atoms with Crippen LogP contribution >= 0.6 is 11.8 Å². The number of aromatic nitrogens is 2. The normalized spacial score (nSPS) is 12.2. The number of halogens is 2. The van der Waals surface area contributed by atoms with Crippen molar-refractivity contribution in [3.63, 3.8) is 0 Å². The second-order valence-electron chi connectivity index (χ2n) is 6.40. The summed E-state index contributed by atoms with van der Waals surface area (Å²) >= 11 is 0.478. The van der Waals surface area contributed by atoms with Crippen LogP contribution in [0.1, 0.15) is 6.92 Å².